The molecule has 0 aliphatic heterocycles. The van der Waals surface area contributed by atoms with Crippen LogP contribution in [0.5, 0.6) is 0 Å². The third-order valence-electron chi connectivity index (χ3n) is 6.98. The molecule has 0 aromatic carbocycles. The number of carboxylic acid groups (broad SMARTS) is 1. The van der Waals surface area contributed by atoms with Crippen LogP contribution in [0, 0.1) is 0 Å². The van der Waals surface area contributed by atoms with E-state index in [1.54, 1.807) is 0 Å². The third kappa shape index (κ3) is 27.1. The van der Waals surface area contributed by atoms with Gasteiger partial charge < -0.3 is 23.8 Å². The van der Waals surface area contributed by atoms with Crippen molar-refractivity contribution in [2.75, 3.05) is 41.0 Å². The van der Waals surface area contributed by atoms with E-state index in [2.05, 4.69) is 32.1 Å². The molecule has 1 N–H and O–H groups in total. The molecule has 0 saturated heterocycles. The normalized spacial score (nSPS) is 14.0. The highest BCUT2D eigenvalue weighted by Crippen LogP contribution is 2.10. The molecular weight excluding hydrogens is 582 g/mol. The van der Waals surface area contributed by atoms with E-state index in [9.17, 15) is 19.5 Å². The average molecular weight is 645 g/mol. The standard InChI is InChI=1S/C38H61NO7/c1-6-8-10-12-14-15-16-17-18-19-20-21-23-24-26-28-36(40)45-33-34(32-44-31-30-35(38(42)43)39(3,4)5)46-37(41)29-27-25-22-13-11-9-7-2/h8,10,12,14-20,22,25,34-35H,6-7,9,11,13,21,23-24,26-33H2,1-5H3/p+1/b10-8+,14-12+,16-15+,18-17+,20-19+,25-22+. The summed E-state index contributed by atoms with van der Waals surface area (Å²) in [6.45, 7) is 4.39. The lowest BCUT2D eigenvalue weighted by molar-refractivity contribution is -0.887. The van der Waals surface area contributed by atoms with Gasteiger partial charge in [0.2, 0.25) is 0 Å². The largest absolute Gasteiger partial charge is 0.477 e. The van der Waals surface area contributed by atoms with E-state index in [4.69, 9.17) is 14.2 Å². The number of aliphatic carboxylic acids is 1. The first-order valence-electron chi connectivity index (χ1n) is 17.0. The summed E-state index contributed by atoms with van der Waals surface area (Å²) in [5.41, 5.74) is 0. The van der Waals surface area contributed by atoms with Gasteiger partial charge in [0.1, 0.15) is 6.61 Å². The summed E-state index contributed by atoms with van der Waals surface area (Å²) in [5.74, 6) is -1.61. The molecule has 0 aliphatic carbocycles. The lowest BCUT2D eigenvalue weighted by atomic mass is 10.1. The topological polar surface area (TPSA) is 99.1 Å². The van der Waals surface area contributed by atoms with Crippen LogP contribution in [0.2, 0.25) is 0 Å². The van der Waals surface area contributed by atoms with E-state index in [0.29, 0.717) is 19.3 Å². The zero-order chi connectivity index (χ0) is 34.3. The number of hydrogen-bond acceptors (Lipinski definition) is 6. The first kappa shape index (κ1) is 42.8. The minimum Gasteiger partial charge on any atom is -0.477 e. The van der Waals surface area contributed by atoms with Crippen molar-refractivity contribution >= 4 is 17.9 Å². The summed E-state index contributed by atoms with van der Waals surface area (Å²) < 4.78 is 17.0. The molecule has 0 heterocycles. The Morgan fingerprint density at radius 2 is 1.28 bits per heavy atom. The number of rotatable bonds is 28. The molecule has 0 aromatic heterocycles. The molecule has 2 unspecified atom stereocenters. The molecule has 8 heteroatoms. The molecule has 0 fully saturated rings. The van der Waals surface area contributed by atoms with Crippen molar-refractivity contribution < 1.29 is 38.2 Å². The van der Waals surface area contributed by atoms with Gasteiger partial charge in [-0.2, -0.15) is 0 Å². The van der Waals surface area contributed by atoms with Gasteiger partial charge in [0.15, 0.2) is 12.1 Å². The van der Waals surface area contributed by atoms with Crippen LogP contribution in [-0.2, 0) is 28.6 Å². The zero-order valence-corrected chi connectivity index (χ0v) is 29.2. The highest BCUT2D eigenvalue weighted by molar-refractivity contribution is 5.72. The number of carboxylic acids is 1. The van der Waals surface area contributed by atoms with E-state index >= 15 is 0 Å². The molecule has 0 rings (SSSR count). The number of ether oxygens (including phenoxy) is 3. The fourth-order valence-electron chi connectivity index (χ4n) is 4.30. The Morgan fingerprint density at radius 1 is 0.674 bits per heavy atom. The van der Waals surface area contributed by atoms with Crippen molar-refractivity contribution in [3.8, 4) is 0 Å². The van der Waals surface area contributed by atoms with Crippen molar-refractivity contribution in [2.45, 2.75) is 109 Å². The first-order valence-corrected chi connectivity index (χ1v) is 17.0. The molecule has 46 heavy (non-hydrogen) atoms. The Hall–Kier alpha value is -3.23. The Bertz CT molecular complexity index is 985. The predicted molar refractivity (Wildman–Crippen MR) is 187 cm³/mol. The maximum Gasteiger partial charge on any atom is 0.362 e. The van der Waals surface area contributed by atoms with Crippen LogP contribution in [0.4, 0.5) is 0 Å². The highest BCUT2D eigenvalue weighted by atomic mass is 16.6. The maximum atomic E-state index is 12.5. The monoisotopic (exact) mass is 644 g/mol. The maximum absolute atomic E-state index is 12.5. The van der Waals surface area contributed by atoms with Gasteiger partial charge in [0, 0.05) is 19.3 Å². The van der Waals surface area contributed by atoms with Gasteiger partial charge in [-0.05, 0) is 44.9 Å². The van der Waals surface area contributed by atoms with Crippen molar-refractivity contribution in [2.24, 2.45) is 0 Å². The Labute approximate surface area is 279 Å². The number of allylic oxidation sites excluding steroid dienone is 12. The third-order valence-corrected chi connectivity index (χ3v) is 6.98. The number of quaternary nitrogens is 1. The van der Waals surface area contributed by atoms with E-state index in [-0.39, 0.29) is 42.7 Å². The molecule has 260 valence electrons. The van der Waals surface area contributed by atoms with Gasteiger partial charge >= 0.3 is 17.9 Å². The van der Waals surface area contributed by atoms with Crippen LogP contribution in [-0.4, -0.2) is 80.6 Å². The number of esters is 2. The molecule has 8 nitrogen and oxygen atoms in total. The van der Waals surface area contributed by atoms with Crippen LogP contribution in [0.15, 0.2) is 72.9 Å². The quantitative estimate of drug-likeness (QED) is 0.0302. The number of unbranched alkanes of at least 4 members (excludes halogenated alkanes) is 6. The second kappa shape index (κ2) is 29.2. The molecule has 0 radical (unpaired) electrons. The van der Waals surface area contributed by atoms with Crippen LogP contribution < -0.4 is 0 Å². The fraction of sp³-hybridized carbons (Fsp3) is 0.605. The van der Waals surface area contributed by atoms with Gasteiger partial charge in [0.05, 0.1) is 34.4 Å². The summed E-state index contributed by atoms with van der Waals surface area (Å²) in [5, 5.41) is 9.53. The number of likely N-dealkylation sites (N-methyl/N-ethyl adjacent to an activating group) is 1. The summed E-state index contributed by atoms with van der Waals surface area (Å²) in [6.07, 6.45) is 34.1. The van der Waals surface area contributed by atoms with Crippen molar-refractivity contribution in [1.82, 2.24) is 0 Å². The fourth-order valence-corrected chi connectivity index (χ4v) is 4.30. The van der Waals surface area contributed by atoms with Crippen LogP contribution in [0.3, 0.4) is 0 Å². The second-order valence-electron chi connectivity index (χ2n) is 12.2. The molecule has 0 bridgehead atoms. The zero-order valence-electron chi connectivity index (χ0n) is 29.2. The van der Waals surface area contributed by atoms with Crippen molar-refractivity contribution in [1.29, 1.82) is 0 Å². The van der Waals surface area contributed by atoms with Gasteiger partial charge in [0.25, 0.3) is 0 Å². The van der Waals surface area contributed by atoms with Gasteiger partial charge in [-0.25, -0.2) is 4.79 Å². The van der Waals surface area contributed by atoms with E-state index in [0.717, 1.165) is 44.9 Å². The predicted octanol–water partition coefficient (Wildman–Crippen LogP) is 8.07. The van der Waals surface area contributed by atoms with E-state index in [1.165, 1.54) is 12.8 Å². The Balaban J connectivity index is 4.56. The number of carbonyl (C=O) groups excluding carboxylic acids is 2. The SMILES string of the molecule is CC/C=C/C=C/C=C/C=C/C=C/CCCCCC(=O)OCC(COCCC(C(=O)O)[N+](C)(C)C)OC(=O)CC/C=C/CCCCC. The molecule has 0 aliphatic rings. The average Bonchev–Trinajstić information content (AvgIpc) is 3.00. The summed E-state index contributed by atoms with van der Waals surface area (Å²) in [4.78, 5) is 36.5. The molecule has 2 atom stereocenters. The second-order valence-corrected chi connectivity index (χ2v) is 12.2. The van der Waals surface area contributed by atoms with Crippen molar-refractivity contribution in [3.63, 3.8) is 0 Å². The Kier molecular flexibility index (Phi) is 27.1. The van der Waals surface area contributed by atoms with Gasteiger partial charge in [-0.3, -0.25) is 9.59 Å². The van der Waals surface area contributed by atoms with Gasteiger partial charge in [-0.15, -0.1) is 0 Å². The summed E-state index contributed by atoms with van der Waals surface area (Å²) >= 11 is 0. The van der Waals surface area contributed by atoms with Crippen LogP contribution in [0.1, 0.15) is 97.3 Å². The molecule has 0 amide bonds. The number of hydrogen-bond donors (Lipinski definition) is 1. The minimum atomic E-state index is -0.893. The number of carbonyl (C=O) groups is 3. The summed E-state index contributed by atoms with van der Waals surface area (Å²) in [6, 6.07) is -0.627. The Morgan fingerprint density at radius 3 is 1.91 bits per heavy atom. The smallest absolute Gasteiger partial charge is 0.362 e. The molecular formula is C38H62NO7+. The lowest BCUT2D eigenvalue weighted by Crippen LogP contribution is -2.50. The molecule has 0 saturated carbocycles. The van der Waals surface area contributed by atoms with Crippen LogP contribution >= 0.6 is 0 Å². The van der Waals surface area contributed by atoms with E-state index < -0.39 is 18.1 Å². The first-order chi connectivity index (χ1) is 22.1. The molecule has 0 spiro atoms. The number of nitrogens with zero attached hydrogens (tertiary/aromatic N) is 1. The minimum absolute atomic E-state index is 0.0267. The highest BCUT2D eigenvalue weighted by Gasteiger charge is 2.31. The van der Waals surface area contributed by atoms with Crippen molar-refractivity contribution in [3.05, 3.63) is 72.9 Å². The van der Waals surface area contributed by atoms with Gasteiger partial charge in [-0.1, -0.05) is 106 Å². The van der Waals surface area contributed by atoms with Crippen LogP contribution in [0.25, 0.3) is 0 Å². The van der Waals surface area contributed by atoms with E-state index in [1.807, 2.05) is 75.8 Å². The molecule has 0 aromatic rings. The summed E-state index contributed by atoms with van der Waals surface area (Å²) in [7, 11) is 5.47. The lowest BCUT2D eigenvalue weighted by Gasteiger charge is -2.31.